The Morgan fingerprint density at radius 2 is 2.15 bits per heavy atom. The summed E-state index contributed by atoms with van der Waals surface area (Å²) >= 11 is 3.50. The van der Waals surface area contributed by atoms with E-state index in [-0.39, 0.29) is 5.91 Å². The fraction of sp³-hybridized carbons (Fsp3) is 0.312. The Kier molecular flexibility index (Phi) is 3.42. The topological polar surface area (TPSA) is 48.0 Å². The number of carbonyl (C=O) groups excluding carboxylic acids is 1. The maximum absolute atomic E-state index is 11.6. The van der Waals surface area contributed by atoms with Crippen LogP contribution in [0.1, 0.15) is 28.9 Å². The summed E-state index contributed by atoms with van der Waals surface area (Å²) in [6.45, 7) is 2.95. The standard InChI is InChI=1S/C16H17BrN2O/c1-10-14(16(18)20)8-15(19(10)9-11-5-6-11)12-3-2-4-13(17)7-12/h2-4,7-8,11H,5-6,9H2,1H3,(H2,18,20). The monoisotopic (exact) mass is 332 g/mol. The predicted octanol–water partition coefficient (Wildman–Crippen LogP) is 3.73. The number of nitrogens with zero attached hydrogens (tertiary/aromatic N) is 1. The number of halogens is 1. The number of rotatable bonds is 4. The highest BCUT2D eigenvalue weighted by atomic mass is 79.9. The minimum absolute atomic E-state index is 0.353. The van der Waals surface area contributed by atoms with Gasteiger partial charge in [0.25, 0.3) is 5.91 Å². The summed E-state index contributed by atoms with van der Waals surface area (Å²) in [6.07, 6.45) is 2.56. The van der Waals surface area contributed by atoms with E-state index in [0.717, 1.165) is 33.9 Å². The van der Waals surface area contributed by atoms with Gasteiger partial charge in [0.2, 0.25) is 0 Å². The highest BCUT2D eigenvalue weighted by Crippen LogP contribution is 2.35. The van der Waals surface area contributed by atoms with Crippen molar-refractivity contribution in [2.75, 3.05) is 0 Å². The number of benzene rings is 1. The lowest BCUT2D eigenvalue weighted by Gasteiger charge is -2.11. The third-order valence-corrected chi connectivity index (χ3v) is 4.38. The first-order valence-corrected chi connectivity index (χ1v) is 7.61. The van der Waals surface area contributed by atoms with Gasteiger partial charge in [-0.25, -0.2) is 0 Å². The molecule has 0 radical (unpaired) electrons. The van der Waals surface area contributed by atoms with E-state index < -0.39 is 0 Å². The van der Waals surface area contributed by atoms with Crippen LogP contribution in [0.25, 0.3) is 11.3 Å². The molecule has 0 aliphatic heterocycles. The molecular weight excluding hydrogens is 316 g/mol. The molecule has 2 N–H and O–H groups in total. The second kappa shape index (κ2) is 5.09. The zero-order chi connectivity index (χ0) is 14.3. The summed E-state index contributed by atoms with van der Waals surface area (Å²) in [5.74, 6) is 0.390. The largest absolute Gasteiger partial charge is 0.366 e. The SMILES string of the molecule is Cc1c(C(N)=O)cc(-c2cccc(Br)c2)n1CC1CC1. The lowest BCUT2D eigenvalue weighted by molar-refractivity contribution is 0.0999. The second-order valence-corrected chi connectivity index (χ2v) is 6.37. The van der Waals surface area contributed by atoms with E-state index in [4.69, 9.17) is 5.73 Å². The van der Waals surface area contributed by atoms with Crippen molar-refractivity contribution in [3.05, 3.63) is 46.1 Å². The van der Waals surface area contributed by atoms with Crippen LogP contribution in [0.15, 0.2) is 34.8 Å². The highest BCUT2D eigenvalue weighted by molar-refractivity contribution is 9.10. The van der Waals surface area contributed by atoms with Gasteiger partial charge in [-0.1, -0.05) is 28.1 Å². The molecule has 1 heterocycles. The van der Waals surface area contributed by atoms with Crippen molar-refractivity contribution in [1.82, 2.24) is 4.57 Å². The van der Waals surface area contributed by atoms with E-state index in [9.17, 15) is 4.79 Å². The van der Waals surface area contributed by atoms with Crippen molar-refractivity contribution in [1.29, 1.82) is 0 Å². The average molecular weight is 333 g/mol. The van der Waals surface area contributed by atoms with Crippen LogP contribution in [0.3, 0.4) is 0 Å². The maximum Gasteiger partial charge on any atom is 0.250 e. The number of nitrogens with two attached hydrogens (primary N) is 1. The Morgan fingerprint density at radius 1 is 1.40 bits per heavy atom. The van der Waals surface area contributed by atoms with Gasteiger partial charge in [-0.3, -0.25) is 4.79 Å². The molecule has 1 aliphatic carbocycles. The first kappa shape index (κ1) is 13.4. The van der Waals surface area contributed by atoms with Gasteiger partial charge in [-0.2, -0.15) is 0 Å². The van der Waals surface area contributed by atoms with Crippen LogP contribution >= 0.6 is 15.9 Å². The van der Waals surface area contributed by atoms with Gasteiger partial charge in [0, 0.05) is 22.4 Å². The summed E-state index contributed by atoms with van der Waals surface area (Å²) in [7, 11) is 0. The normalized spacial score (nSPS) is 14.5. The Labute approximate surface area is 126 Å². The van der Waals surface area contributed by atoms with Crippen LogP contribution < -0.4 is 5.73 Å². The van der Waals surface area contributed by atoms with Gasteiger partial charge in [0.05, 0.1) is 5.56 Å². The molecule has 1 fully saturated rings. The molecule has 1 aromatic heterocycles. The van der Waals surface area contributed by atoms with Crippen molar-refractivity contribution < 1.29 is 4.79 Å². The molecule has 1 amide bonds. The number of hydrogen-bond acceptors (Lipinski definition) is 1. The molecule has 1 saturated carbocycles. The fourth-order valence-electron chi connectivity index (χ4n) is 2.58. The van der Waals surface area contributed by atoms with E-state index in [0.29, 0.717) is 5.56 Å². The Morgan fingerprint density at radius 3 is 2.75 bits per heavy atom. The Balaban J connectivity index is 2.12. The molecule has 1 aliphatic rings. The minimum atomic E-state index is -0.353. The minimum Gasteiger partial charge on any atom is -0.366 e. The number of aromatic nitrogens is 1. The van der Waals surface area contributed by atoms with E-state index >= 15 is 0 Å². The lowest BCUT2D eigenvalue weighted by Crippen LogP contribution is -2.12. The summed E-state index contributed by atoms with van der Waals surface area (Å²) in [5, 5.41) is 0. The summed E-state index contributed by atoms with van der Waals surface area (Å²) in [6, 6.07) is 10.1. The maximum atomic E-state index is 11.6. The van der Waals surface area contributed by atoms with Crippen LogP contribution in [-0.4, -0.2) is 10.5 Å². The quantitative estimate of drug-likeness (QED) is 0.910. The van der Waals surface area contributed by atoms with Crippen molar-refractivity contribution in [2.45, 2.75) is 26.3 Å². The third kappa shape index (κ3) is 2.52. The number of carbonyl (C=O) groups is 1. The van der Waals surface area contributed by atoms with Crippen LogP contribution in [0.5, 0.6) is 0 Å². The van der Waals surface area contributed by atoms with E-state index in [2.05, 4.69) is 32.6 Å². The van der Waals surface area contributed by atoms with E-state index in [1.165, 1.54) is 12.8 Å². The molecule has 4 heteroatoms. The summed E-state index contributed by atoms with van der Waals surface area (Å²) in [4.78, 5) is 11.6. The van der Waals surface area contributed by atoms with Crippen molar-refractivity contribution >= 4 is 21.8 Å². The molecule has 104 valence electrons. The number of amides is 1. The van der Waals surface area contributed by atoms with Crippen LogP contribution in [-0.2, 0) is 6.54 Å². The highest BCUT2D eigenvalue weighted by Gasteiger charge is 2.25. The Bertz CT molecular complexity index is 671. The molecule has 0 unspecified atom stereocenters. The van der Waals surface area contributed by atoms with E-state index in [1.54, 1.807) is 0 Å². The first-order chi connectivity index (χ1) is 9.56. The lowest BCUT2D eigenvalue weighted by atomic mass is 10.1. The molecule has 3 rings (SSSR count). The van der Waals surface area contributed by atoms with Gasteiger partial charge < -0.3 is 10.3 Å². The second-order valence-electron chi connectivity index (χ2n) is 5.46. The number of hydrogen-bond donors (Lipinski definition) is 1. The fourth-order valence-corrected chi connectivity index (χ4v) is 2.97. The van der Waals surface area contributed by atoms with Gasteiger partial charge in [-0.15, -0.1) is 0 Å². The average Bonchev–Trinajstić information content (AvgIpc) is 3.15. The molecule has 0 bridgehead atoms. The zero-order valence-corrected chi connectivity index (χ0v) is 13.0. The smallest absolute Gasteiger partial charge is 0.250 e. The van der Waals surface area contributed by atoms with E-state index in [1.807, 2.05) is 25.1 Å². The molecule has 0 spiro atoms. The molecule has 20 heavy (non-hydrogen) atoms. The van der Waals surface area contributed by atoms with Crippen molar-refractivity contribution in [2.24, 2.45) is 11.7 Å². The Hall–Kier alpha value is -1.55. The van der Waals surface area contributed by atoms with Crippen LogP contribution in [0, 0.1) is 12.8 Å². The predicted molar refractivity (Wildman–Crippen MR) is 83.5 cm³/mol. The van der Waals surface area contributed by atoms with Crippen LogP contribution in [0.4, 0.5) is 0 Å². The van der Waals surface area contributed by atoms with Crippen LogP contribution in [0.2, 0.25) is 0 Å². The third-order valence-electron chi connectivity index (χ3n) is 3.89. The van der Waals surface area contributed by atoms with Gasteiger partial charge in [-0.05, 0) is 49.4 Å². The number of primary amides is 1. The molecule has 0 saturated heterocycles. The van der Waals surface area contributed by atoms with Gasteiger partial charge >= 0.3 is 0 Å². The summed E-state index contributed by atoms with van der Waals surface area (Å²) < 4.78 is 3.27. The molecular formula is C16H17BrN2O. The zero-order valence-electron chi connectivity index (χ0n) is 11.4. The van der Waals surface area contributed by atoms with Gasteiger partial charge in [0.15, 0.2) is 0 Å². The van der Waals surface area contributed by atoms with Crippen molar-refractivity contribution in [3.8, 4) is 11.3 Å². The molecule has 0 atom stereocenters. The van der Waals surface area contributed by atoms with Gasteiger partial charge in [0.1, 0.15) is 0 Å². The summed E-state index contributed by atoms with van der Waals surface area (Å²) in [5.41, 5.74) is 9.27. The molecule has 1 aromatic carbocycles. The molecule has 3 nitrogen and oxygen atoms in total. The first-order valence-electron chi connectivity index (χ1n) is 6.82. The molecule has 2 aromatic rings. The van der Waals surface area contributed by atoms with Crippen molar-refractivity contribution in [3.63, 3.8) is 0 Å².